The van der Waals surface area contributed by atoms with Crippen LogP contribution in [-0.4, -0.2) is 18.7 Å². The molecule has 2 rings (SSSR count). The van der Waals surface area contributed by atoms with Gasteiger partial charge in [0.05, 0.1) is 16.8 Å². The zero-order valence-corrected chi connectivity index (χ0v) is 13.2. The Hall–Kier alpha value is -2.61. The number of halogens is 5. The predicted molar refractivity (Wildman–Crippen MR) is 84.1 cm³/mol. The van der Waals surface area contributed by atoms with Crippen LogP contribution in [0.15, 0.2) is 47.6 Å². The van der Waals surface area contributed by atoms with E-state index in [2.05, 4.69) is 10.5 Å². The van der Waals surface area contributed by atoms with Crippen molar-refractivity contribution in [3.8, 4) is 5.75 Å². The molecule has 0 fully saturated rings. The van der Waals surface area contributed by atoms with Crippen molar-refractivity contribution in [2.24, 2.45) is 5.10 Å². The van der Waals surface area contributed by atoms with Crippen LogP contribution >= 0.6 is 11.6 Å². The van der Waals surface area contributed by atoms with Crippen LogP contribution in [0.4, 0.5) is 17.6 Å². The molecule has 132 valence electrons. The standard InChI is InChI=1S/C16H11ClF4N2O2/c17-13-3-1-2-4-14(13)25-9-15(24)23-22-8-10-5-11(16(19,20)21)7-12(18)6-10/h1-8H,9H2,(H,23,24). The zero-order valence-electron chi connectivity index (χ0n) is 12.5. The fourth-order valence-electron chi connectivity index (χ4n) is 1.77. The molecule has 0 saturated heterocycles. The number of rotatable bonds is 5. The van der Waals surface area contributed by atoms with E-state index < -0.39 is 30.1 Å². The lowest BCUT2D eigenvalue weighted by atomic mass is 10.1. The summed E-state index contributed by atoms with van der Waals surface area (Å²) < 4.78 is 56.1. The van der Waals surface area contributed by atoms with Gasteiger partial charge >= 0.3 is 6.18 Å². The minimum atomic E-state index is -4.68. The number of benzene rings is 2. The number of carbonyl (C=O) groups excluding carboxylic acids is 1. The molecule has 4 nitrogen and oxygen atoms in total. The summed E-state index contributed by atoms with van der Waals surface area (Å²) in [6.45, 7) is -0.405. The number of para-hydroxylation sites is 1. The number of hydrogen-bond acceptors (Lipinski definition) is 3. The summed E-state index contributed by atoms with van der Waals surface area (Å²) in [7, 11) is 0. The Bertz CT molecular complexity index is 794. The average Bonchev–Trinajstić information content (AvgIpc) is 2.53. The van der Waals surface area contributed by atoms with E-state index in [4.69, 9.17) is 16.3 Å². The molecule has 0 aromatic heterocycles. The molecule has 2 aromatic carbocycles. The van der Waals surface area contributed by atoms with E-state index in [0.717, 1.165) is 12.3 Å². The lowest BCUT2D eigenvalue weighted by Crippen LogP contribution is -2.24. The highest BCUT2D eigenvalue weighted by atomic mass is 35.5. The van der Waals surface area contributed by atoms with E-state index in [1.807, 2.05) is 0 Å². The maximum absolute atomic E-state index is 13.2. The van der Waals surface area contributed by atoms with Crippen molar-refractivity contribution in [1.82, 2.24) is 5.43 Å². The van der Waals surface area contributed by atoms with Gasteiger partial charge in [-0.3, -0.25) is 4.79 Å². The summed E-state index contributed by atoms with van der Waals surface area (Å²) in [6, 6.07) is 8.42. The van der Waals surface area contributed by atoms with Gasteiger partial charge in [0, 0.05) is 0 Å². The smallest absolute Gasteiger partial charge is 0.416 e. The number of alkyl halides is 3. The molecular formula is C16H11ClF4N2O2. The number of carbonyl (C=O) groups is 1. The van der Waals surface area contributed by atoms with Gasteiger partial charge in [-0.2, -0.15) is 18.3 Å². The molecule has 1 amide bonds. The summed E-state index contributed by atoms with van der Waals surface area (Å²) in [6.07, 6.45) is -3.79. The second-order valence-electron chi connectivity index (χ2n) is 4.78. The van der Waals surface area contributed by atoms with Gasteiger partial charge in [-0.1, -0.05) is 23.7 Å². The van der Waals surface area contributed by atoms with Crippen LogP contribution in [0, 0.1) is 5.82 Å². The summed E-state index contributed by atoms with van der Waals surface area (Å²) >= 11 is 5.84. The van der Waals surface area contributed by atoms with Crippen molar-refractivity contribution < 1.29 is 27.1 Å². The van der Waals surface area contributed by atoms with Crippen molar-refractivity contribution in [3.63, 3.8) is 0 Å². The molecule has 0 saturated carbocycles. The van der Waals surface area contributed by atoms with Gasteiger partial charge in [0.2, 0.25) is 0 Å². The van der Waals surface area contributed by atoms with Gasteiger partial charge in [0.25, 0.3) is 5.91 Å². The van der Waals surface area contributed by atoms with Crippen molar-refractivity contribution >= 4 is 23.7 Å². The third kappa shape index (κ3) is 5.75. The quantitative estimate of drug-likeness (QED) is 0.488. The van der Waals surface area contributed by atoms with Gasteiger partial charge in [0.15, 0.2) is 6.61 Å². The van der Waals surface area contributed by atoms with Crippen LogP contribution in [0.5, 0.6) is 5.75 Å². The molecule has 0 unspecified atom stereocenters. The van der Waals surface area contributed by atoms with Gasteiger partial charge in [0.1, 0.15) is 11.6 Å². The first kappa shape index (κ1) is 18.7. The van der Waals surface area contributed by atoms with Crippen molar-refractivity contribution in [1.29, 1.82) is 0 Å². The molecule has 0 heterocycles. The maximum Gasteiger partial charge on any atom is 0.416 e. The Kier molecular flexibility index (Phi) is 5.97. The molecule has 0 aliphatic rings. The molecule has 0 aliphatic carbocycles. The first-order chi connectivity index (χ1) is 11.8. The van der Waals surface area contributed by atoms with Crippen LogP contribution in [0.25, 0.3) is 0 Å². The third-order valence-electron chi connectivity index (χ3n) is 2.85. The van der Waals surface area contributed by atoms with Crippen LogP contribution < -0.4 is 10.2 Å². The second-order valence-corrected chi connectivity index (χ2v) is 5.19. The predicted octanol–water partition coefficient (Wildman–Crippen LogP) is 4.03. The number of ether oxygens (including phenoxy) is 1. The number of hydrazone groups is 1. The Morgan fingerprint density at radius 2 is 1.96 bits per heavy atom. The normalized spacial score (nSPS) is 11.6. The molecule has 0 bridgehead atoms. The zero-order chi connectivity index (χ0) is 18.4. The summed E-state index contributed by atoms with van der Waals surface area (Å²) in [5.74, 6) is -1.43. The van der Waals surface area contributed by atoms with Crippen molar-refractivity contribution in [3.05, 3.63) is 64.4 Å². The minimum absolute atomic E-state index is 0.153. The number of nitrogens with zero attached hydrogens (tertiary/aromatic N) is 1. The fourth-order valence-corrected chi connectivity index (χ4v) is 1.96. The van der Waals surface area contributed by atoms with Crippen LogP contribution in [0.3, 0.4) is 0 Å². The Balaban J connectivity index is 1.93. The number of hydrogen-bond donors (Lipinski definition) is 1. The Labute approximate surface area is 145 Å². The van der Waals surface area contributed by atoms with E-state index >= 15 is 0 Å². The highest BCUT2D eigenvalue weighted by Gasteiger charge is 2.31. The highest BCUT2D eigenvalue weighted by molar-refractivity contribution is 6.32. The lowest BCUT2D eigenvalue weighted by molar-refractivity contribution is -0.137. The van der Waals surface area contributed by atoms with E-state index in [9.17, 15) is 22.4 Å². The molecule has 1 N–H and O–H groups in total. The van der Waals surface area contributed by atoms with Crippen LogP contribution in [-0.2, 0) is 11.0 Å². The van der Waals surface area contributed by atoms with Crippen LogP contribution in [0.2, 0.25) is 5.02 Å². The molecular weight excluding hydrogens is 364 g/mol. The SMILES string of the molecule is O=C(COc1ccccc1Cl)NN=Cc1cc(F)cc(C(F)(F)F)c1. The number of nitrogens with one attached hydrogen (secondary N) is 1. The number of amides is 1. The van der Waals surface area contributed by atoms with Crippen molar-refractivity contribution in [2.45, 2.75) is 6.18 Å². The van der Waals surface area contributed by atoms with E-state index in [1.54, 1.807) is 24.3 Å². The molecule has 0 aliphatic heterocycles. The Morgan fingerprint density at radius 3 is 2.64 bits per heavy atom. The van der Waals surface area contributed by atoms with Crippen LogP contribution in [0.1, 0.15) is 11.1 Å². The van der Waals surface area contributed by atoms with Gasteiger partial charge < -0.3 is 4.74 Å². The largest absolute Gasteiger partial charge is 0.482 e. The minimum Gasteiger partial charge on any atom is -0.482 e. The maximum atomic E-state index is 13.2. The average molecular weight is 375 g/mol. The van der Waals surface area contributed by atoms with E-state index in [-0.39, 0.29) is 5.56 Å². The second kappa shape index (κ2) is 7.98. The van der Waals surface area contributed by atoms with Gasteiger partial charge in [-0.15, -0.1) is 0 Å². The molecule has 25 heavy (non-hydrogen) atoms. The van der Waals surface area contributed by atoms with Crippen molar-refractivity contribution in [2.75, 3.05) is 6.61 Å². The molecule has 2 aromatic rings. The third-order valence-corrected chi connectivity index (χ3v) is 3.16. The summed E-state index contributed by atoms with van der Waals surface area (Å²) in [5.41, 5.74) is 0.754. The molecule has 0 radical (unpaired) electrons. The fraction of sp³-hybridized carbons (Fsp3) is 0.125. The highest BCUT2D eigenvalue weighted by Crippen LogP contribution is 2.30. The van der Waals surface area contributed by atoms with Gasteiger partial charge in [-0.25, -0.2) is 9.82 Å². The topological polar surface area (TPSA) is 50.7 Å². The monoisotopic (exact) mass is 374 g/mol. The first-order valence-electron chi connectivity index (χ1n) is 6.83. The Morgan fingerprint density at radius 1 is 1.24 bits per heavy atom. The summed E-state index contributed by atoms with van der Waals surface area (Å²) in [5, 5.41) is 3.79. The van der Waals surface area contributed by atoms with E-state index in [0.29, 0.717) is 22.9 Å². The summed E-state index contributed by atoms with van der Waals surface area (Å²) in [4.78, 5) is 11.6. The lowest BCUT2D eigenvalue weighted by Gasteiger charge is -2.07. The first-order valence-corrected chi connectivity index (χ1v) is 7.20. The van der Waals surface area contributed by atoms with Gasteiger partial charge in [-0.05, 0) is 35.9 Å². The van der Waals surface area contributed by atoms with E-state index in [1.165, 1.54) is 0 Å². The molecule has 0 spiro atoms. The molecule has 9 heteroatoms. The molecule has 0 atom stereocenters.